The van der Waals surface area contributed by atoms with Crippen LogP contribution >= 0.6 is 0 Å². The van der Waals surface area contributed by atoms with Crippen molar-refractivity contribution in [2.24, 2.45) is 0 Å². The second-order valence-electron chi connectivity index (χ2n) is 4.41. The maximum atomic E-state index is 11.6. The van der Waals surface area contributed by atoms with Gasteiger partial charge in [-0.2, -0.15) is 0 Å². The Morgan fingerprint density at radius 1 is 1.63 bits per heavy atom. The number of ether oxygens (including phenoxy) is 1. The first-order valence-electron chi connectivity index (χ1n) is 6.23. The lowest BCUT2D eigenvalue weighted by atomic mass is 10.1. The standard InChI is InChI=1S/C13H17N3O3/c1-19-13(18)10-3-2-6-14-11(10)8-15-9-4-5-12(17)16-7-9/h2-3,6,9,15H,4-5,7-8H2,1H3,(H,16,17). The SMILES string of the molecule is COC(=O)c1cccnc1CNC1CCC(=O)NC1. The molecule has 1 aromatic heterocycles. The van der Waals surface area contributed by atoms with Crippen molar-refractivity contribution in [2.45, 2.75) is 25.4 Å². The molecule has 0 saturated carbocycles. The summed E-state index contributed by atoms with van der Waals surface area (Å²) in [4.78, 5) is 26.8. The van der Waals surface area contributed by atoms with E-state index in [9.17, 15) is 9.59 Å². The number of esters is 1. The van der Waals surface area contributed by atoms with Gasteiger partial charge in [-0.3, -0.25) is 9.78 Å². The fraction of sp³-hybridized carbons (Fsp3) is 0.462. The number of rotatable bonds is 4. The van der Waals surface area contributed by atoms with Gasteiger partial charge in [-0.1, -0.05) is 0 Å². The van der Waals surface area contributed by atoms with Crippen molar-refractivity contribution in [3.05, 3.63) is 29.6 Å². The molecule has 19 heavy (non-hydrogen) atoms. The van der Waals surface area contributed by atoms with Crippen molar-refractivity contribution in [3.63, 3.8) is 0 Å². The van der Waals surface area contributed by atoms with Gasteiger partial charge in [0.15, 0.2) is 0 Å². The summed E-state index contributed by atoms with van der Waals surface area (Å²) in [6.07, 6.45) is 2.97. The number of nitrogens with zero attached hydrogens (tertiary/aromatic N) is 1. The van der Waals surface area contributed by atoms with Gasteiger partial charge in [-0.05, 0) is 18.6 Å². The average molecular weight is 263 g/mol. The Hall–Kier alpha value is -1.95. The fourth-order valence-electron chi connectivity index (χ4n) is 2.02. The molecule has 2 N–H and O–H groups in total. The van der Waals surface area contributed by atoms with Gasteiger partial charge in [0.25, 0.3) is 0 Å². The lowest BCUT2D eigenvalue weighted by molar-refractivity contribution is -0.122. The molecule has 1 aliphatic heterocycles. The van der Waals surface area contributed by atoms with Gasteiger partial charge in [-0.15, -0.1) is 0 Å². The first kappa shape index (κ1) is 13.5. The highest BCUT2D eigenvalue weighted by Gasteiger charge is 2.18. The van der Waals surface area contributed by atoms with E-state index in [2.05, 4.69) is 15.6 Å². The molecule has 1 fully saturated rings. The van der Waals surface area contributed by atoms with E-state index >= 15 is 0 Å². The highest BCUT2D eigenvalue weighted by molar-refractivity contribution is 5.90. The molecule has 2 heterocycles. The van der Waals surface area contributed by atoms with E-state index in [0.29, 0.717) is 30.8 Å². The van der Waals surface area contributed by atoms with Gasteiger partial charge in [0.2, 0.25) is 5.91 Å². The summed E-state index contributed by atoms with van der Waals surface area (Å²) in [5, 5.41) is 6.10. The molecule has 1 amide bonds. The Kier molecular flexibility index (Phi) is 4.46. The van der Waals surface area contributed by atoms with E-state index in [1.807, 2.05) is 0 Å². The minimum Gasteiger partial charge on any atom is -0.465 e. The van der Waals surface area contributed by atoms with E-state index in [1.165, 1.54) is 7.11 Å². The van der Waals surface area contributed by atoms with Crippen molar-refractivity contribution >= 4 is 11.9 Å². The molecule has 6 heteroatoms. The third kappa shape index (κ3) is 3.51. The predicted molar refractivity (Wildman–Crippen MR) is 68.4 cm³/mol. The minimum absolute atomic E-state index is 0.0890. The number of aromatic nitrogens is 1. The third-order valence-corrected chi connectivity index (χ3v) is 3.12. The first-order chi connectivity index (χ1) is 9.20. The topological polar surface area (TPSA) is 80.3 Å². The number of piperidine rings is 1. The number of nitrogens with one attached hydrogen (secondary N) is 2. The molecule has 0 radical (unpaired) electrons. The van der Waals surface area contributed by atoms with Crippen LogP contribution in [0.25, 0.3) is 0 Å². The normalized spacial score (nSPS) is 18.8. The van der Waals surface area contributed by atoms with Crippen LogP contribution in [0, 0.1) is 0 Å². The summed E-state index contributed by atoms with van der Waals surface area (Å²) in [5.74, 6) is -0.298. The van der Waals surface area contributed by atoms with Crippen LogP contribution in [-0.4, -0.2) is 36.6 Å². The average Bonchev–Trinajstić information content (AvgIpc) is 2.46. The van der Waals surface area contributed by atoms with Gasteiger partial charge < -0.3 is 15.4 Å². The number of carbonyl (C=O) groups is 2. The molecule has 0 aliphatic carbocycles. The summed E-state index contributed by atoms with van der Waals surface area (Å²) >= 11 is 0. The molecule has 0 spiro atoms. The lowest BCUT2D eigenvalue weighted by Gasteiger charge is -2.23. The van der Waals surface area contributed by atoms with Crippen molar-refractivity contribution in [1.82, 2.24) is 15.6 Å². The van der Waals surface area contributed by atoms with Crippen molar-refractivity contribution in [1.29, 1.82) is 0 Å². The number of amides is 1. The summed E-state index contributed by atoms with van der Waals surface area (Å²) in [6.45, 7) is 1.09. The van der Waals surface area contributed by atoms with Crippen LogP contribution in [0.2, 0.25) is 0 Å². The molecular formula is C13H17N3O3. The number of carbonyl (C=O) groups excluding carboxylic acids is 2. The zero-order valence-electron chi connectivity index (χ0n) is 10.8. The van der Waals surface area contributed by atoms with Gasteiger partial charge in [0.05, 0.1) is 18.4 Å². The van der Waals surface area contributed by atoms with Crippen molar-refractivity contribution in [3.8, 4) is 0 Å². The Balaban J connectivity index is 1.96. The molecular weight excluding hydrogens is 246 g/mol. The zero-order chi connectivity index (χ0) is 13.7. The largest absolute Gasteiger partial charge is 0.465 e. The predicted octanol–water partition coefficient (Wildman–Crippen LogP) is 0.236. The minimum atomic E-state index is -0.387. The van der Waals surface area contributed by atoms with Crippen molar-refractivity contribution < 1.29 is 14.3 Å². The fourth-order valence-corrected chi connectivity index (χ4v) is 2.02. The molecule has 0 bridgehead atoms. The summed E-state index contributed by atoms with van der Waals surface area (Å²) in [6, 6.07) is 3.61. The molecule has 1 aliphatic rings. The summed E-state index contributed by atoms with van der Waals surface area (Å²) in [5.41, 5.74) is 1.13. The molecule has 1 atom stereocenters. The van der Waals surface area contributed by atoms with E-state index < -0.39 is 0 Å². The number of pyridine rings is 1. The van der Waals surface area contributed by atoms with Crippen LogP contribution in [0.15, 0.2) is 18.3 Å². The van der Waals surface area contributed by atoms with E-state index in [-0.39, 0.29) is 17.9 Å². The van der Waals surface area contributed by atoms with E-state index in [1.54, 1.807) is 18.3 Å². The van der Waals surface area contributed by atoms with Crippen molar-refractivity contribution in [2.75, 3.05) is 13.7 Å². The van der Waals surface area contributed by atoms with Gasteiger partial charge in [0, 0.05) is 31.7 Å². The van der Waals surface area contributed by atoms with Crippen LogP contribution in [0.4, 0.5) is 0 Å². The van der Waals surface area contributed by atoms with E-state index in [4.69, 9.17) is 4.74 Å². The molecule has 1 unspecified atom stereocenters. The maximum Gasteiger partial charge on any atom is 0.339 e. The lowest BCUT2D eigenvalue weighted by Crippen LogP contribution is -2.45. The van der Waals surface area contributed by atoms with Crippen LogP contribution in [-0.2, 0) is 16.1 Å². The number of hydrogen-bond acceptors (Lipinski definition) is 5. The molecule has 6 nitrogen and oxygen atoms in total. The van der Waals surface area contributed by atoms with E-state index in [0.717, 1.165) is 6.42 Å². The monoisotopic (exact) mass is 263 g/mol. The Bertz CT molecular complexity index is 466. The number of methoxy groups -OCH3 is 1. The Morgan fingerprint density at radius 2 is 2.47 bits per heavy atom. The van der Waals surface area contributed by atoms with Crippen LogP contribution in [0.1, 0.15) is 28.9 Å². The highest BCUT2D eigenvalue weighted by Crippen LogP contribution is 2.09. The molecule has 1 aromatic rings. The maximum absolute atomic E-state index is 11.6. The number of hydrogen-bond donors (Lipinski definition) is 2. The van der Waals surface area contributed by atoms with Crippen LogP contribution in [0.3, 0.4) is 0 Å². The molecule has 0 aromatic carbocycles. The van der Waals surface area contributed by atoms with Gasteiger partial charge in [-0.25, -0.2) is 4.79 Å². The Morgan fingerprint density at radius 3 is 3.16 bits per heavy atom. The summed E-state index contributed by atoms with van der Waals surface area (Å²) in [7, 11) is 1.35. The van der Waals surface area contributed by atoms with Crippen LogP contribution in [0.5, 0.6) is 0 Å². The summed E-state index contributed by atoms with van der Waals surface area (Å²) < 4.78 is 4.72. The third-order valence-electron chi connectivity index (χ3n) is 3.12. The molecule has 2 rings (SSSR count). The molecule has 102 valence electrons. The first-order valence-corrected chi connectivity index (χ1v) is 6.23. The second kappa shape index (κ2) is 6.29. The highest BCUT2D eigenvalue weighted by atomic mass is 16.5. The quantitative estimate of drug-likeness (QED) is 0.760. The molecule has 1 saturated heterocycles. The zero-order valence-corrected chi connectivity index (χ0v) is 10.8. The smallest absolute Gasteiger partial charge is 0.339 e. The van der Waals surface area contributed by atoms with Gasteiger partial charge in [0.1, 0.15) is 0 Å². The van der Waals surface area contributed by atoms with Gasteiger partial charge >= 0.3 is 5.97 Å². The Labute approximate surface area is 111 Å². The second-order valence-corrected chi connectivity index (χ2v) is 4.41. The van der Waals surface area contributed by atoms with Crippen LogP contribution < -0.4 is 10.6 Å².